The lowest BCUT2D eigenvalue weighted by Gasteiger charge is -2.35. The van der Waals surface area contributed by atoms with Crippen molar-refractivity contribution in [1.29, 1.82) is 0 Å². The minimum atomic E-state index is -0.197. The summed E-state index contributed by atoms with van der Waals surface area (Å²) >= 11 is 0. The first-order chi connectivity index (χ1) is 11.9. The molecule has 2 rings (SSSR count). The topological polar surface area (TPSA) is 26.8 Å². The number of halogens is 1. The Balaban J connectivity index is 2.06. The zero-order valence-corrected chi connectivity index (χ0v) is 16.0. The summed E-state index contributed by atoms with van der Waals surface area (Å²) in [5.74, 6) is 0.480. The molecular weight excluding hydrogens is 317 g/mol. The van der Waals surface area contributed by atoms with Crippen LogP contribution in [0, 0.1) is 11.7 Å². The van der Waals surface area contributed by atoms with Crippen molar-refractivity contribution in [2.45, 2.75) is 39.8 Å². The molecule has 0 saturated carbocycles. The van der Waals surface area contributed by atoms with E-state index in [2.05, 4.69) is 25.7 Å². The Kier molecular flexibility index (Phi) is 7.38. The number of benzene rings is 1. The molecule has 0 N–H and O–H groups in total. The highest BCUT2D eigenvalue weighted by Gasteiger charge is 2.29. The first-order valence-electron chi connectivity index (χ1n) is 9.35. The molecule has 0 aliphatic carbocycles. The molecule has 140 valence electrons. The van der Waals surface area contributed by atoms with Gasteiger partial charge in [-0.2, -0.15) is 0 Å². The van der Waals surface area contributed by atoms with E-state index in [1.54, 1.807) is 0 Å². The third-order valence-electron chi connectivity index (χ3n) is 5.12. The van der Waals surface area contributed by atoms with Gasteiger partial charge in [0.1, 0.15) is 5.82 Å². The summed E-state index contributed by atoms with van der Waals surface area (Å²) in [6.07, 6.45) is 0.978. The zero-order valence-electron chi connectivity index (χ0n) is 16.0. The second kappa shape index (κ2) is 9.30. The fourth-order valence-corrected chi connectivity index (χ4v) is 3.39. The average Bonchev–Trinajstić information content (AvgIpc) is 2.79. The third kappa shape index (κ3) is 5.79. The summed E-state index contributed by atoms with van der Waals surface area (Å²) in [5, 5.41) is 0. The summed E-state index contributed by atoms with van der Waals surface area (Å²) in [5.41, 5.74) is 1.12. The number of rotatable bonds is 6. The summed E-state index contributed by atoms with van der Waals surface area (Å²) in [6.45, 7) is 11.2. The molecule has 4 nitrogen and oxygen atoms in total. The molecular formula is C20H32FN3O. The van der Waals surface area contributed by atoms with Crippen molar-refractivity contribution in [3.05, 3.63) is 35.6 Å². The summed E-state index contributed by atoms with van der Waals surface area (Å²) < 4.78 is 13.1. The largest absolute Gasteiger partial charge is 0.340 e. The van der Waals surface area contributed by atoms with Crippen LogP contribution in [0.25, 0.3) is 0 Å². The molecule has 25 heavy (non-hydrogen) atoms. The predicted octanol–water partition coefficient (Wildman–Crippen LogP) is 2.84. The van der Waals surface area contributed by atoms with Crippen LogP contribution < -0.4 is 0 Å². The molecule has 1 unspecified atom stereocenters. The first-order valence-corrected chi connectivity index (χ1v) is 9.35. The van der Waals surface area contributed by atoms with E-state index in [1.165, 1.54) is 12.1 Å². The molecule has 1 fully saturated rings. The van der Waals surface area contributed by atoms with E-state index in [0.29, 0.717) is 18.5 Å². The molecule has 0 aromatic heterocycles. The molecule has 1 saturated heterocycles. The molecule has 1 atom stereocenters. The number of carbonyl (C=O) groups excluding carboxylic acids is 1. The number of carbonyl (C=O) groups is 1. The zero-order chi connectivity index (χ0) is 18.4. The Morgan fingerprint density at radius 2 is 1.96 bits per heavy atom. The molecule has 1 aromatic carbocycles. The van der Waals surface area contributed by atoms with Crippen molar-refractivity contribution in [2.75, 3.05) is 39.8 Å². The average molecular weight is 349 g/mol. The Morgan fingerprint density at radius 3 is 2.56 bits per heavy atom. The molecule has 1 heterocycles. The van der Waals surface area contributed by atoms with Gasteiger partial charge in [0.15, 0.2) is 0 Å². The van der Waals surface area contributed by atoms with Gasteiger partial charge >= 0.3 is 0 Å². The fourth-order valence-electron chi connectivity index (χ4n) is 3.39. The highest BCUT2D eigenvalue weighted by molar-refractivity contribution is 5.78. The molecule has 1 aliphatic heterocycles. The lowest BCUT2D eigenvalue weighted by atomic mass is 10.0. The maximum atomic E-state index is 13.1. The SMILES string of the molecule is CCN(C)CC(=O)N1CCCN(Cc2ccc(F)cc2)C(C(C)C)C1. The molecule has 1 aliphatic rings. The number of nitrogens with zero attached hydrogens (tertiary/aromatic N) is 3. The van der Waals surface area contributed by atoms with Crippen molar-refractivity contribution in [3.8, 4) is 0 Å². The Labute approximate surface area is 151 Å². The highest BCUT2D eigenvalue weighted by Crippen LogP contribution is 2.20. The van der Waals surface area contributed by atoms with Crippen LogP contribution in [-0.2, 0) is 11.3 Å². The van der Waals surface area contributed by atoms with E-state index >= 15 is 0 Å². The van der Waals surface area contributed by atoms with Gasteiger partial charge in [0, 0.05) is 32.2 Å². The first kappa shape index (κ1) is 19.9. The Morgan fingerprint density at radius 1 is 1.28 bits per heavy atom. The van der Waals surface area contributed by atoms with Crippen LogP contribution in [0.4, 0.5) is 4.39 Å². The Hall–Kier alpha value is -1.46. The van der Waals surface area contributed by atoms with Crippen molar-refractivity contribution < 1.29 is 9.18 Å². The van der Waals surface area contributed by atoms with Crippen LogP contribution in [0.1, 0.15) is 32.8 Å². The molecule has 1 aromatic rings. The number of amides is 1. The van der Waals surface area contributed by atoms with E-state index in [1.807, 2.05) is 29.0 Å². The van der Waals surface area contributed by atoms with Gasteiger partial charge < -0.3 is 4.90 Å². The molecule has 0 radical (unpaired) electrons. The Bertz CT molecular complexity index is 546. The van der Waals surface area contributed by atoms with Crippen molar-refractivity contribution in [1.82, 2.24) is 14.7 Å². The van der Waals surface area contributed by atoms with Gasteiger partial charge in [-0.25, -0.2) is 4.39 Å². The van der Waals surface area contributed by atoms with Gasteiger partial charge in [-0.15, -0.1) is 0 Å². The maximum absolute atomic E-state index is 13.1. The van der Waals surface area contributed by atoms with Gasteiger partial charge in [0.25, 0.3) is 0 Å². The molecule has 0 spiro atoms. The van der Waals surface area contributed by atoms with Crippen LogP contribution in [0.2, 0.25) is 0 Å². The van der Waals surface area contributed by atoms with Crippen LogP contribution in [0.15, 0.2) is 24.3 Å². The maximum Gasteiger partial charge on any atom is 0.236 e. The second-order valence-corrected chi connectivity index (χ2v) is 7.43. The summed E-state index contributed by atoms with van der Waals surface area (Å²) in [6, 6.07) is 7.08. The van der Waals surface area contributed by atoms with E-state index in [-0.39, 0.29) is 11.7 Å². The van der Waals surface area contributed by atoms with Gasteiger partial charge in [-0.05, 0) is 43.6 Å². The van der Waals surface area contributed by atoms with Gasteiger partial charge in [-0.3, -0.25) is 14.6 Å². The minimum absolute atomic E-state index is 0.197. The number of hydrogen-bond acceptors (Lipinski definition) is 3. The van der Waals surface area contributed by atoms with Crippen molar-refractivity contribution in [2.24, 2.45) is 5.92 Å². The van der Waals surface area contributed by atoms with Crippen molar-refractivity contribution >= 4 is 5.91 Å². The van der Waals surface area contributed by atoms with Gasteiger partial charge in [-0.1, -0.05) is 32.9 Å². The molecule has 0 bridgehead atoms. The van der Waals surface area contributed by atoms with Gasteiger partial charge in [0.05, 0.1) is 6.54 Å². The van der Waals surface area contributed by atoms with Crippen LogP contribution >= 0.6 is 0 Å². The van der Waals surface area contributed by atoms with Crippen LogP contribution in [-0.4, -0.2) is 66.4 Å². The molecule has 1 amide bonds. The molecule has 5 heteroatoms. The van der Waals surface area contributed by atoms with E-state index in [9.17, 15) is 9.18 Å². The standard InChI is InChI=1S/C20H32FN3O/c1-5-22(4)15-20(25)24-12-6-11-23(19(14-24)16(2)3)13-17-7-9-18(21)10-8-17/h7-10,16,19H,5-6,11-15H2,1-4H3. The van der Waals surface area contributed by atoms with E-state index in [0.717, 1.165) is 44.7 Å². The van der Waals surface area contributed by atoms with Crippen LogP contribution in [0.3, 0.4) is 0 Å². The second-order valence-electron chi connectivity index (χ2n) is 7.43. The van der Waals surface area contributed by atoms with E-state index < -0.39 is 0 Å². The number of hydrogen-bond donors (Lipinski definition) is 0. The number of likely N-dealkylation sites (N-methyl/N-ethyl adjacent to an activating group) is 1. The van der Waals surface area contributed by atoms with Crippen molar-refractivity contribution in [3.63, 3.8) is 0 Å². The van der Waals surface area contributed by atoms with E-state index in [4.69, 9.17) is 0 Å². The fraction of sp³-hybridized carbons (Fsp3) is 0.650. The lowest BCUT2D eigenvalue weighted by molar-refractivity contribution is -0.132. The highest BCUT2D eigenvalue weighted by atomic mass is 19.1. The quantitative estimate of drug-likeness (QED) is 0.790. The summed E-state index contributed by atoms with van der Waals surface area (Å²) in [7, 11) is 1.98. The predicted molar refractivity (Wildman–Crippen MR) is 99.8 cm³/mol. The minimum Gasteiger partial charge on any atom is -0.340 e. The third-order valence-corrected chi connectivity index (χ3v) is 5.12. The smallest absolute Gasteiger partial charge is 0.236 e. The monoisotopic (exact) mass is 349 g/mol. The normalized spacial score (nSPS) is 19.5. The van der Waals surface area contributed by atoms with Gasteiger partial charge in [0.2, 0.25) is 5.91 Å². The summed E-state index contributed by atoms with van der Waals surface area (Å²) in [4.78, 5) is 19.1. The lowest BCUT2D eigenvalue weighted by Crippen LogP contribution is -2.47. The van der Waals surface area contributed by atoms with Crippen LogP contribution in [0.5, 0.6) is 0 Å².